The molecule has 0 aliphatic carbocycles. The van der Waals surface area contributed by atoms with Crippen LogP contribution in [0, 0.1) is 0 Å². The Labute approximate surface area is 145 Å². The first-order chi connectivity index (χ1) is 12.1. The number of H-pyrrole nitrogens is 1. The fourth-order valence-electron chi connectivity index (χ4n) is 2.65. The maximum absolute atomic E-state index is 12.6. The van der Waals surface area contributed by atoms with E-state index in [0.717, 1.165) is 5.39 Å². The largest absolute Gasteiger partial charge is 0.497 e. The lowest BCUT2D eigenvalue weighted by Gasteiger charge is -2.20. The van der Waals surface area contributed by atoms with Gasteiger partial charge in [-0.15, -0.1) is 0 Å². The molecule has 0 bridgehead atoms. The molecule has 0 saturated carbocycles. The minimum Gasteiger partial charge on any atom is -0.497 e. The van der Waals surface area contributed by atoms with Gasteiger partial charge in [0.25, 0.3) is 11.5 Å². The van der Waals surface area contributed by atoms with Crippen LogP contribution in [0.25, 0.3) is 10.9 Å². The van der Waals surface area contributed by atoms with E-state index in [-0.39, 0.29) is 18.0 Å². The van der Waals surface area contributed by atoms with E-state index in [9.17, 15) is 9.59 Å². The average Bonchev–Trinajstić information content (AvgIpc) is 2.66. The number of aromatic nitrogens is 2. The molecule has 0 atom stereocenters. The second kappa shape index (κ2) is 7.17. The molecule has 0 unspecified atom stereocenters. The third-order valence-electron chi connectivity index (χ3n) is 4.04. The molecule has 0 radical (unpaired) electrons. The number of hydrogen-bond acceptors (Lipinski definition) is 4. The van der Waals surface area contributed by atoms with Crippen molar-refractivity contribution in [2.45, 2.75) is 13.5 Å². The van der Waals surface area contributed by atoms with Gasteiger partial charge < -0.3 is 14.6 Å². The number of methoxy groups -OCH3 is 1. The SMILES string of the molecule is CCN(Cc1cc2ccc(OC)cc2[nH]c1=O)C(=O)c1ccccn1. The maximum Gasteiger partial charge on any atom is 0.272 e. The Morgan fingerprint density at radius 3 is 2.76 bits per heavy atom. The molecular weight excluding hydrogens is 318 g/mol. The summed E-state index contributed by atoms with van der Waals surface area (Å²) in [4.78, 5) is 33.5. The van der Waals surface area contributed by atoms with Gasteiger partial charge in [-0.2, -0.15) is 0 Å². The molecule has 1 aromatic carbocycles. The molecular formula is C19H19N3O3. The van der Waals surface area contributed by atoms with Gasteiger partial charge in [-0.05, 0) is 42.6 Å². The van der Waals surface area contributed by atoms with Crippen LogP contribution >= 0.6 is 0 Å². The van der Waals surface area contributed by atoms with Crippen molar-refractivity contribution in [3.63, 3.8) is 0 Å². The fourth-order valence-corrected chi connectivity index (χ4v) is 2.65. The first-order valence-electron chi connectivity index (χ1n) is 8.02. The zero-order chi connectivity index (χ0) is 17.8. The first-order valence-corrected chi connectivity index (χ1v) is 8.02. The van der Waals surface area contributed by atoms with Crippen molar-refractivity contribution in [3.8, 4) is 5.75 Å². The normalized spacial score (nSPS) is 10.6. The summed E-state index contributed by atoms with van der Waals surface area (Å²) in [6.07, 6.45) is 1.58. The van der Waals surface area contributed by atoms with Crippen molar-refractivity contribution in [2.24, 2.45) is 0 Å². The number of carbonyl (C=O) groups is 1. The summed E-state index contributed by atoms with van der Waals surface area (Å²) in [5.41, 5.74) is 1.38. The lowest BCUT2D eigenvalue weighted by molar-refractivity contribution is 0.0746. The third kappa shape index (κ3) is 3.52. The average molecular weight is 337 g/mol. The van der Waals surface area contributed by atoms with E-state index < -0.39 is 0 Å². The zero-order valence-electron chi connectivity index (χ0n) is 14.2. The standard InChI is InChI=1S/C19H19N3O3/c1-3-22(19(24)16-6-4-5-9-20-16)12-14-10-13-7-8-15(25-2)11-17(13)21-18(14)23/h4-11H,3,12H2,1-2H3,(H,21,23). The van der Waals surface area contributed by atoms with Crippen LogP contribution in [0.3, 0.4) is 0 Å². The summed E-state index contributed by atoms with van der Waals surface area (Å²) in [5, 5.41) is 0.886. The summed E-state index contributed by atoms with van der Waals surface area (Å²) in [6, 6.07) is 12.5. The molecule has 1 amide bonds. The lowest BCUT2D eigenvalue weighted by atomic mass is 10.1. The number of benzene rings is 1. The molecule has 0 spiro atoms. The van der Waals surface area contributed by atoms with Gasteiger partial charge in [0.05, 0.1) is 19.2 Å². The zero-order valence-corrected chi connectivity index (χ0v) is 14.2. The molecule has 6 nitrogen and oxygen atoms in total. The summed E-state index contributed by atoms with van der Waals surface area (Å²) < 4.78 is 5.17. The number of carbonyl (C=O) groups excluding carboxylic acids is 1. The molecule has 6 heteroatoms. The number of rotatable bonds is 5. The number of ether oxygens (including phenoxy) is 1. The maximum atomic E-state index is 12.6. The Bertz CT molecular complexity index is 951. The van der Waals surface area contributed by atoms with Gasteiger partial charge in [-0.3, -0.25) is 14.6 Å². The number of nitrogens with one attached hydrogen (secondary N) is 1. The van der Waals surface area contributed by atoms with Gasteiger partial charge in [-0.25, -0.2) is 0 Å². The molecule has 1 N–H and O–H groups in total. The van der Waals surface area contributed by atoms with Crippen LogP contribution in [0.4, 0.5) is 0 Å². The number of aromatic amines is 1. The molecule has 3 rings (SSSR count). The molecule has 128 valence electrons. The second-order valence-corrected chi connectivity index (χ2v) is 5.61. The highest BCUT2D eigenvalue weighted by Crippen LogP contribution is 2.19. The van der Waals surface area contributed by atoms with E-state index in [0.29, 0.717) is 29.1 Å². The molecule has 2 heterocycles. The molecule has 3 aromatic rings. The highest BCUT2D eigenvalue weighted by atomic mass is 16.5. The first kappa shape index (κ1) is 16.7. The summed E-state index contributed by atoms with van der Waals surface area (Å²) >= 11 is 0. The molecule has 25 heavy (non-hydrogen) atoms. The van der Waals surface area contributed by atoms with Crippen molar-refractivity contribution in [1.82, 2.24) is 14.9 Å². The van der Waals surface area contributed by atoms with Crippen LogP contribution in [0.2, 0.25) is 0 Å². The summed E-state index contributed by atoms with van der Waals surface area (Å²) in [7, 11) is 1.58. The Balaban J connectivity index is 1.91. The topological polar surface area (TPSA) is 75.3 Å². The Morgan fingerprint density at radius 2 is 2.08 bits per heavy atom. The van der Waals surface area contributed by atoms with Crippen LogP contribution in [0.15, 0.2) is 53.5 Å². The molecule has 0 saturated heterocycles. The van der Waals surface area contributed by atoms with Crippen LogP contribution in [-0.2, 0) is 6.54 Å². The van der Waals surface area contributed by atoms with Gasteiger partial charge >= 0.3 is 0 Å². The van der Waals surface area contributed by atoms with Crippen molar-refractivity contribution < 1.29 is 9.53 Å². The van der Waals surface area contributed by atoms with Crippen molar-refractivity contribution in [2.75, 3.05) is 13.7 Å². The molecule has 2 aromatic heterocycles. The third-order valence-corrected chi connectivity index (χ3v) is 4.04. The van der Waals surface area contributed by atoms with Gasteiger partial charge in [0.1, 0.15) is 11.4 Å². The van der Waals surface area contributed by atoms with Gasteiger partial charge in [0.2, 0.25) is 0 Å². The van der Waals surface area contributed by atoms with E-state index >= 15 is 0 Å². The quantitative estimate of drug-likeness (QED) is 0.776. The number of nitrogens with zero attached hydrogens (tertiary/aromatic N) is 2. The summed E-state index contributed by atoms with van der Waals surface area (Å²) in [5.74, 6) is 0.480. The lowest BCUT2D eigenvalue weighted by Crippen LogP contribution is -2.33. The van der Waals surface area contributed by atoms with Gasteiger partial charge in [0, 0.05) is 24.4 Å². The van der Waals surface area contributed by atoms with Crippen LogP contribution in [-0.4, -0.2) is 34.4 Å². The highest BCUT2D eigenvalue weighted by Gasteiger charge is 2.17. The van der Waals surface area contributed by atoms with Gasteiger partial charge in [-0.1, -0.05) is 6.07 Å². The number of hydrogen-bond donors (Lipinski definition) is 1. The van der Waals surface area contributed by atoms with Crippen LogP contribution < -0.4 is 10.3 Å². The predicted molar refractivity (Wildman–Crippen MR) is 95.8 cm³/mol. The Kier molecular flexibility index (Phi) is 4.79. The molecule has 0 fully saturated rings. The number of pyridine rings is 2. The minimum atomic E-state index is -0.215. The number of fused-ring (bicyclic) bond motifs is 1. The monoisotopic (exact) mass is 337 g/mol. The van der Waals surface area contributed by atoms with E-state index in [1.54, 1.807) is 42.5 Å². The molecule has 0 aliphatic heterocycles. The Hall–Kier alpha value is -3.15. The Morgan fingerprint density at radius 1 is 1.24 bits per heavy atom. The van der Waals surface area contributed by atoms with Crippen molar-refractivity contribution in [3.05, 3.63) is 70.3 Å². The second-order valence-electron chi connectivity index (χ2n) is 5.61. The van der Waals surface area contributed by atoms with Crippen molar-refractivity contribution in [1.29, 1.82) is 0 Å². The number of amides is 1. The van der Waals surface area contributed by atoms with Crippen LogP contribution in [0.5, 0.6) is 5.75 Å². The molecule has 0 aliphatic rings. The van der Waals surface area contributed by atoms with E-state index in [1.165, 1.54) is 0 Å². The van der Waals surface area contributed by atoms with E-state index in [2.05, 4.69) is 9.97 Å². The highest BCUT2D eigenvalue weighted by molar-refractivity contribution is 5.92. The van der Waals surface area contributed by atoms with Gasteiger partial charge in [0.15, 0.2) is 0 Å². The smallest absolute Gasteiger partial charge is 0.272 e. The van der Waals surface area contributed by atoms with E-state index in [4.69, 9.17) is 4.74 Å². The van der Waals surface area contributed by atoms with Crippen molar-refractivity contribution >= 4 is 16.8 Å². The van der Waals surface area contributed by atoms with E-state index in [1.807, 2.05) is 25.1 Å². The predicted octanol–water partition coefficient (Wildman–Crippen LogP) is 2.59. The minimum absolute atomic E-state index is 0.197. The fraction of sp³-hybridized carbons (Fsp3) is 0.211. The van der Waals surface area contributed by atoms with Crippen LogP contribution in [0.1, 0.15) is 23.0 Å². The summed E-state index contributed by atoms with van der Waals surface area (Å²) in [6.45, 7) is 2.58.